The van der Waals surface area contributed by atoms with Gasteiger partial charge in [-0.25, -0.2) is 4.79 Å². The number of benzene rings is 5. The van der Waals surface area contributed by atoms with E-state index >= 15 is 0 Å². The maximum Gasteiger partial charge on any atom is 0.407 e. The number of rotatable bonds is 17. The molecule has 5 aromatic carbocycles. The molecule has 1 fully saturated rings. The van der Waals surface area contributed by atoms with Gasteiger partial charge in [0.05, 0.1) is 19.8 Å². The van der Waals surface area contributed by atoms with Crippen LogP contribution in [0.3, 0.4) is 0 Å². The summed E-state index contributed by atoms with van der Waals surface area (Å²) in [5, 5.41) is 54.9. The molecular formula is C46H51NO9. The van der Waals surface area contributed by atoms with Gasteiger partial charge < -0.3 is 44.7 Å². The van der Waals surface area contributed by atoms with E-state index in [0.717, 1.165) is 11.1 Å². The standard InChI is InChI=1S/C46H51NO9/c1-53-39-25-23-37(24-26-39)32-46(52)44(50,30-35-17-8-3-9-18-35)41(40(48)29-34-15-6-2-7-16-34)56-42(45(46,51)31-36-19-10-4-11-20-36)54-28-14-27-47-43(49)55-33-38-21-12-5-13-22-38/h2-13,15-26,40-42,48,50-52H,14,27-33H2,1H3,(H,47,49)/t40?,41-,42+,44-,45-,46+/m1/s1. The van der Waals surface area contributed by atoms with Crippen molar-refractivity contribution in [2.45, 2.75) is 74.0 Å². The fourth-order valence-electron chi connectivity index (χ4n) is 7.57. The summed E-state index contributed by atoms with van der Waals surface area (Å²) in [6.07, 6.45) is -5.13. The van der Waals surface area contributed by atoms with Crippen molar-refractivity contribution in [3.05, 3.63) is 173 Å². The summed E-state index contributed by atoms with van der Waals surface area (Å²) < 4.78 is 23.7. The fourth-order valence-corrected chi connectivity index (χ4v) is 7.57. The Balaban J connectivity index is 1.35. The highest BCUT2D eigenvalue weighted by Gasteiger charge is 2.72. The fraction of sp³-hybridized carbons (Fsp3) is 0.326. The minimum Gasteiger partial charge on any atom is -0.497 e. The molecule has 1 aliphatic rings. The molecule has 10 heteroatoms. The van der Waals surface area contributed by atoms with Gasteiger partial charge in [-0.05, 0) is 46.4 Å². The minimum absolute atomic E-state index is 0.0159. The molecular weight excluding hydrogens is 711 g/mol. The molecule has 0 spiro atoms. The number of ether oxygens (including phenoxy) is 4. The summed E-state index contributed by atoms with van der Waals surface area (Å²) in [4.78, 5) is 12.4. The summed E-state index contributed by atoms with van der Waals surface area (Å²) >= 11 is 0. The van der Waals surface area contributed by atoms with Gasteiger partial charge in [0.25, 0.3) is 0 Å². The van der Waals surface area contributed by atoms with Crippen LogP contribution in [0.4, 0.5) is 4.79 Å². The van der Waals surface area contributed by atoms with Gasteiger partial charge in [0.1, 0.15) is 29.7 Å². The van der Waals surface area contributed by atoms with Gasteiger partial charge in [0, 0.05) is 32.2 Å². The second kappa shape index (κ2) is 18.7. The molecule has 0 aromatic heterocycles. The van der Waals surface area contributed by atoms with E-state index in [1.807, 2.05) is 121 Å². The lowest BCUT2D eigenvalue weighted by Crippen LogP contribution is -2.83. The third-order valence-corrected chi connectivity index (χ3v) is 10.5. The molecule has 294 valence electrons. The Morgan fingerprint density at radius 2 is 1.18 bits per heavy atom. The molecule has 1 amide bonds. The van der Waals surface area contributed by atoms with Crippen LogP contribution in [0, 0.1) is 0 Å². The van der Waals surface area contributed by atoms with E-state index in [1.165, 1.54) is 0 Å². The molecule has 1 unspecified atom stereocenters. The number of aliphatic hydroxyl groups is 4. The highest BCUT2D eigenvalue weighted by molar-refractivity contribution is 5.67. The first-order valence-corrected chi connectivity index (χ1v) is 18.9. The molecule has 0 radical (unpaired) electrons. The lowest BCUT2D eigenvalue weighted by Gasteiger charge is -2.62. The Bertz CT molecular complexity index is 1930. The number of carbonyl (C=O) groups is 1. The molecule has 5 aromatic rings. The molecule has 56 heavy (non-hydrogen) atoms. The quantitative estimate of drug-likeness (QED) is 0.0767. The van der Waals surface area contributed by atoms with Crippen molar-refractivity contribution < 1.29 is 44.2 Å². The number of alkyl carbamates (subject to hydrolysis) is 1. The van der Waals surface area contributed by atoms with Gasteiger partial charge >= 0.3 is 6.09 Å². The number of carbonyl (C=O) groups excluding carboxylic acids is 1. The van der Waals surface area contributed by atoms with Crippen LogP contribution in [0.15, 0.2) is 146 Å². The molecule has 6 atom stereocenters. The zero-order valence-electron chi connectivity index (χ0n) is 31.6. The van der Waals surface area contributed by atoms with Crippen molar-refractivity contribution >= 4 is 6.09 Å². The van der Waals surface area contributed by atoms with E-state index < -0.39 is 41.4 Å². The Morgan fingerprint density at radius 1 is 0.679 bits per heavy atom. The third-order valence-electron chi connectivity index (χ3n) is 10.5. The Morgan fingerprint density at radius 3 is 1.73 bits per heavy atom. The average Bonchev–Trinajstić information content (AvgIpc) is 3.22. The van der Waals surface area contributed by atoms with Gasteiger partial charge in [-0.1, -0.05) is 133 Å². The SMILES string of the molecule is COc1ccc(C[C@@]2(O)[C@@](O)(Cc3ccccc3)[C@@H](OCCCNC(=O)OCc3ccccc3)O[C@H](C(O)Cc3ccccc3)[C@]2(O)Cc2ccccc2)cc1. The van der Waals surface area contributed by atoms with Crippen molar-refractivity contribution in [2.75, 3.05) is 20.3 Å². The van der Waals surface area contributed by atoms with E-state index in [4.69, 9.17) is 18.9 Å². The maximum atomic E-state index is 13.5. The monoisotopic (exact) mass is 761 g/mol. The van der Waals surface area contributed by atoms with Gasteiger partial charge in [0.15, 0.2) is 11.9 Å². The van der Waals surface area contributed by atoms with Crippen molar-refractivity contribution in [1.82, 2.24) is 5.32 Å². The van der Waals surface area contributed by atoms with E-state index in [1.54, 1.807) is 31.4 Å². The van der Waals surface area contributed by atoms with Crippen LogP contribution in [0.25, 0.3) is 0 Å². The summed E-state index contributed by atoms with van der Waals surface area (Å²) in [5.74, 6) is 0.599. The van der Waals surface area contributed by atoms with E-state index in [9.17, 15) is 25.2 Å². The number of hydrogen-bond donors (Lipinski definition) is 5. The average molecular weight is 762 g/mol. The van der Waals surface area contributed by atoms with Crippen LogP contribution < -0.4 is 10.1 Å². The van der Waals surface area contributed by atoms with E-state index in [0.29, 0.717) is 28.9 Å². The van der Waals surface area contributed by atoms with Crippen LogP contribution >= 0.6 is 0 Å². The molecule has 5 N–H and O–H groups in total. The van der Waals surface area contributed by atoms with Crippen LogP contribution in [-0.4, -0.2) is 82.1 Å². The molecule has 0 saturated carbocycles. The highest BCUT2D eigenvalue weighted by atomic mass is 16.7. The lowest BCUT2D eigenvalue weighted by molar-refractivity contribution is -0.408. The minimum atomic E-state index is -2.40. The topological polar surface area (TPSA) is 147 Å². The molecule has 6 rings (SSSR count). The zero-order valence-corrected chi connectivity index (χ0v) is 31.6. The molecule has 10 nitrogen and oxygen atoms in total. The normalized spacial score (nSPS) is 23.9. The number of amides is 1. The van der Waals surface area contributed by atoms with Gasteiger partial charge in [-0.3, -0.25) is 0 Å². The number of hydrogen-bond acceptors (Lipinski definition) is 9. The van der Waals surface area contributed by atoms with Crippen LogP contribution in [0.2, 0.25) is 0 Å². The maximum absolute atomic E-state index is 13.5. The predicted molar refractivity (Wildman–Crippen MR) is 212 cm³/mol. The van der Waals surface area contributed by atoms with Crippen molar-refractivity contribution in [1.29, 1.82) is 0 Å². The van der Waals surface area contributed by atoms with Crippen LogP contribution in [0.5, 0.6) is 5.75 Å². The third kappa shape index (κ3) is 9.47. The number of methoxy groups -OCH3 is 1. The van der Waals surface area contributed by atoms with Gasteiger partial charge in [-0.2, -0.15) is 0 Å². The summed E-state index contributed by atoms with van der Waals surface area (Å²) in [6, 6.07) is 44.0. The first kappa shape index (κ1) is 40.6. The molecule has 1 heterocycles. The summed E-state index contributed by atoms with van der Waals surface area (Å²) in [6.45, 7) is 0.292. The lowest BCUT2D eigenvalue weighted by atomic mass is 9.59. The van der Waals surface area contributed by atoms with Crippen LogP contribution in [-0.2, 0) is 46.5 Å². The molecule has 0 bridgehead atoms. The van der Waals surface area contributed by atoms with E-state index in [-0.39, 0.29) is 45.4 Å². The summed E-state index contributed by atoms with van der Waals surface area (Å²) in [7, 11) is 1.56. The predicted octanol–water partition coefficient (Wildman–Crippen LogP) is 5.58. The number of nitrogens with one attached hydrogen (secondary N) is 1. The largest absolute Gasteiger partial charge is 0.497 e. The molecule has 0 aliphatic carbocycles. The highest BCUT2D eigenvalue weighted by Crippen LogP contribution is 2.51. The van der Waals surface area contributed by atoms with Crippen molar-refractivity contribution in [3.8, 4) is 5.75 Å². The summed E-state index contributed by atoms with van der Waals surface area (Å²) in [5.41, 5.74) is -3.40. The smallest absolute Gasteiger partial charge is 0.407 e. The van der Waals surface area contributed by atoms with Gasteiger partial charge in [-0.15, -0.1) is 0 Å². The second-order valence-corrected chi connectivity index (χ2v) is 14.4. The molecule has 1 aliphatic heterocycles. The first-order valence-electron chi connectivity index (χ1n) is 18.9. The molecule has 1 saturated heterocycles. The Hall–Kier alpha value is -5.07. The number of aliphatic hydroxyl groups excluding tert-OH is 1. The van der Waals surface area contributed by atoms with Gasteiger partial charge in [0.2, 0.25) is 0 Å². The zero-order chi connectivity index (χ0) is 39.4. The second-order valence-electron chi connectivity index (χ2n) is 14.4. The first-order chi connectivity index (χ1) is 27.1. The van der Waals surface area contributed by atoms with E-state index in [2.05, 4.69) is 5.32 Å². The Kier molecular flexibility index (Phi) is 13.6. The van der Waals surface area contributed by atoms with Crippen molar-refractivity contribution in [3.63, 3.8) is 0 Å². The van der Waals surface area contributed by atoms with Crippen LogP contribution in [0.1, 0.15) is 34.2 Å². The van der Waals surface area contributed by atoms with Crippen molar-refractivity contribution in [2.24, 2.45) is 0 Å². The Labute approximate surface area is 328 Å².